The molecule has 8 rings (SSSR count). The van der Waals surface area contributed by atoms with Crippen LogP contribution in [0, 0.1) is 53.3 Å². The first-order chi connectivity index (χ1) is 29.5. The van der Waals surface area contributed by atoms with Crippen LogP contribution >= 0.6 is 0 Å². The number of azide groups is 1. The molecule has 0 N–H and O–H groups in total. The average molecular weight is 852 g/mol. The van der Waals surface area contributed by atoms with E-state index in [9.17, 15) is 24.3 Å². The Morgan fingerprint density at radius 1 is 0.758 bits per heavy atom. The number of alkyl halides is 1. The topological polar surface area (TPSA) is 137 Å². The van der Waals surface area contributed by atoms with Crippen molar-refractivity contribution in [1.82, 2.24) is 0 Å². The van der Waals surface area contributed by atoms with Gasteiger partial charge in [0.25, 0.3) is 0 Å². The second-order valence-electron chi connectivity index (χ2n) is 20.2. The molecule has 2 saturated carbocycles. The minimum absolute atomic E-state index is 0.0606. The zero-order valence-corrected chi connectivity index (χ0v) is 37.7. The van der Waals surface area contributed by atoms with Crippen LogP contribution in [0.15, 0.2) is 77.9 Å². The molecule has 4 bridgehead atoms. The third-order valence-corrected chi connectivity index (χ3v) is 16.3. The number of ether oxygens (including phenoxy) is 4. The summed E-state index contributed by atoms with van der Waals surface area (Å²) >= 11 is 0. The zero-order valence-electron chi connectivity index (χ0n) is 37.7. The number of fused-ring (bicyclic) bond motifs is 8. The van der Waals surface area contributed by atoms with Crippen LogP contribution in [0.4, 0.5) is 4.39 Å². The van der Waals surface area contributed by atoms with E-state index >= 15 is 0 Å². The smallest absolute Gasteiger partial charge is 0.331 e. The lowest BCUT2D eigenvalue weighted by Crippen LogP contribution is -2.62. The Hall–Kier alpha value is -4.31. The standard InChI is InChI=1S/C27H35FO4.C24H31N3O3/c1-17(2)27-15-20(14-21(29)16-28)26(4,32-27)22-12-10-18(3)24(22)25(27)31-23(30)13-11-19-8-6-5-7-9-19;1-15(2)24-14-19(26-27-25)23(4,30-24)18-12-10-16(3)21(18)22(24)29-20(28)13-11-17-8-6-5-7-9-17/h5-9,11,13,17-18,20,22,24-25H,10,12,14-16H2,1-4H3;5-9,11,13,15-16,18-19,21-22H,10,12,14H2,1-4H3/b2*13-11+. The zero-order chi connectivity index (χ0) is 44.6. The van der Waals surface area contributed by atoms with Crippen LogP contribution in [-0.2, 0) is 33.3 Å². The number of carbonyl (C=O) groups excluding carboxylic acids is 3. The predicted octanol–water partition coefficient (Wildman–Crippen LogP) is 10.9. The molecule has 2 aromatic rings. The van der Waals surface area contributed by atoms with Crippen molar-refractivity contribution in [2.75, 3.05) is 6.67 Å². The fourth-order valence-electron chi connectivity index (χ4n) is 13.0. The lowest BCUT2D eigenvalue weighted by molar-refractivity contribution is -0.261. The number of esters is 2. The van der Waals surface area contributed by atoms with Gasteiger partial charge in [-0.05, 0) is 123 Å². The third kappa shape index (κ3) is 8.18. The van der Waals surface area contributed by atoms with Gasteiger partial charge in [0.15, 0.2) is 5.78 Å². The van der Waals surface area contributed by atoms with Gasteiger partial charge in [0, 0.05) is 35.3 Å². The highest BCUT2D eigenvalue weighted by Gasteiger charge is 2.72. The summed E-state index contributed by atoms with van der Waals surface area (Å²) in [5, 5.41) is 4.14. The van der Waals surface area contributed by atoms with Crippen molar-refractivity contribution < 1.29 is 37.7 Å². The Morgan fingerprint density at radius 3 is 1.66 bits per heavy atom. The van der Waals surface area contributed by atoms with Crippen LogP contribution in [0.25, 0.3) is 22.6 Å². The Bertz CT molecular complexity index is 2060. The Kier molecular flexibility index (Phi) is 13.3. The molecule has 4 saturated heterocycles. The minimum Gasteiger partial charge on any atom is -0.456 e. The fourth-order valence-corrected chi connectivity index (χ4v) is 13.0. The van der Waals surface area contributed by atoms with E-state index in [1.54, 1.807) is 12.2 Å². The molecule has 4 aliphatic heterocycles. The summed E-state index contributed by atoms with van der Waals surface area (Å²) in [4.78, 5) is 41.0. The second-order valence-corrected chi connectivity index (χ2v) is 20.2. The van der Waals surface area contributed by atoms with Crippen LogP contribution in [0.5, 0.6) is 0 Å². The number of carbonyl (C=O) groups is 3. The van der Waals surface area contributed by atoms with Crippen LogP contribution in [0.3, 0.4) is 0 Å². The Morgan fingerprint density at radius 2 is 1.21 bits per heavy atom. The van der Waals surface area contributed by atoms with Crippen molar-refractivity contribution in [2.24, 2.45) is 58.4 Å². The van der Waals surface area contributed by atoms with Crippen LogP contribution < -0.4 is 0 Å². The van der Waals surface area contributed by atoms with E-state index in [1.807, 2.05) is 60.7 Å². The molecule has 14 unspecified atom stereocenters. The van der Waals surface area contributed by atoms with Crippen molar-refractivity contribution in [3.8, 4) is 0 Å². The van der Waals surface area contributed by atoms with E-state index in [1.165, 1.54) is 12.2 Å². The molecule has 0 amide bonds. The number of benzene rings is 2. The van der Waals surface area contributed by atoms with E-state index in [0.717, 1.165) is 36.8 Å². The molecule has 10 nitrogen and oxygen atoms in total. The van der Waals surface area contributed by atoms with Crippen LogP contribution in [-0.4, -0.2) is 65.1 Å². The van der Waals surface area contributed by atoms with E-state index in [2.05, 4.69) is 65.4 Å². The molecule has 334 valence electrons. The van der Waals surface area contributed by atoms with Crippen molar-refractivity contribution in [3.05, 3.63) is 94.4 Å². The van der Waals surface area contributed by atoms with Gasteiger partial charge >= 0.3 is 11.9 Å². The molecule has 6 aliphatic rings. The minimum atomic E-state index is -0.936. The van der Waals surface area contributed by atoms with Gasteiger partial charge in [-0.2, -0.15) is 0 Å². The van der Waals surface area contributed by atoms with E-state index in [-0.39, 0.29) is 83.8 Å². The first kappa shape index (κ1) is 45.7. The summed E-state index contributed by atoms with van der Waals surface area (Å²) in [6, 6.07) is 19.1. The molecule has 2 aliphatic carbocycles. The van der Waals surface area contributed by atoms with Crippen molar-refractivity contribution in [2.45, 2.75) is 141 Å². The number of Topliss-reactive ketones (excluding diaryl/α,β-unsaturated/α-hetero) is 1. The molecule has 62 heavy (non-hydrogen) atoms. The molecule has 0 aromatic heterocycles. The number of hydrogen-bond donors (Lipinski definition) is 0. The van der Waals surface area contributed by atoms with Crippen molar-refractivity contribution in [1.29, 1.82) is 0 Å². The SMILES string of the molecule is CC1CCC2C1C(OC(=O)/C=C/c1ccccc1)C1(C(C)C)CC(CC(=O)CF)C2(C)O1.CC1CCC2C1C(OC(=O)/C=C/c1ccccc1)C1(C(C)C)CC(N=[N+]=[N-])C2(C)O1. The van der Waals surface area contributed by atoms with Gasteiger partial charge < -0.3 is 18.9 Å². The fraction of sp³-hybridized carbons (Fsp3) is 0.627. The molecule has 2 aromatic carbocycles. The molecule has 4 heterocycles. The molecule has 0 radical (unpaired) electrons. The van der Waals surface area contributed by atoms with Crippen molar-refractivity contribution in [3.63, 3.8) is 0 Å². The molecular formula is C51H66FN3O7. The average Bonchev–Trinajstić information content (AvgIpc) is 3.98. The van der Waals surface area contributed by atoms with Gasteiger partial charge in [0.1, 0.15) is 30.1 Å². The first-order valence-corrected chi connectivity index (χ1v) is 22.9. The lowest BCUT2D eigenvalue weighted by Gasteiger charge is -2.53. The number of hydrogen-bond acceptors (Lipinski definition) is 8. The summed E-state index contributed by atoms with van der Waals surface area (Å²) in [6.45, 7) is 16.2. The summed E-state index contributed by atoms with van der Waals surface area (Å²) in [6.07, 6.45) is 11.3. The number of nitrogens with zero attached hydrogens (tertiary/aromatic N) is 3. The van der Waals surface area contributed by atoms with Gasteiger partial charge in [-0.3, -0.25) is 4.79 Å². The van der Waals surface area contributed by atoms with E-state index in [4.69, 9.17) is 18.9 Å². The molecule has 11 heteroatoms. The summed E-state index contributed by atoms with van der Waals surface area (Å²) in [5.41, 5.74) is 8.77. The molecule has 0 spiro atoms. The Balaban J connectivity index is 0.000000187. The largest absolute Gasteiger partial charge is 0.456 e. The normalized spacial score (nSPS) is 39.0. The summed E-state index contributed by atoms with van der Waals surface area (Å²) < 4.78 is 39.1. The predicted molar refractivity (Wildman–Crippen MR) is 237 cm³/mol. The molecule has 6 fully saturated rings. The van der Waals surface area contributed by atoms with Gasteiger partial charge in [0.05, 0.1) is 17.2 Å². The Labute approximate surface area is 367 Å². The first-order valence-electron chi connectivity index (χ1n) is 22.9. The maximum atomic E-state index is 13.1. The highest BCUT2D eigenvalue weighted by molar-refractivity contribution is 5.88. The molecular weight excluding hydrogens is 786 g/mol. The summed E-state index contributed by atoms with van der Waals surface area (Å²) in [5.74, 6) is 0.696. The van der Waals surface area contributed by atoms with E-state index < -0.39 is 29.1 Å². The number of rotatable bonds is 12. The monoisotopic (exact) mass is 851 g/mol. The number of ketones is 1. The van der Waals surface area contributed by atoms with Crippen LogP contribution in [0.1, 0.15) is 111 Å². The maximum Gasteiger partial charge on any atom is 0.331 e. The van der Waals surface area contributed by atoms with Gasteiger partial charge in [-0.1, -0.05) is 107 Å². The van der Waals surface area contributed by atoms with Gasteiger partial charge in [0.2, 0.25) is 0 Å². The number of halogens is 1. The van der Waals surface area contributed by atoms with Crippen LogP contribution in [0.2, 0.25) is 0 Å². The quantitative estimate of drug-likeness (QED) is 0.0681. The maximum absolute atomic E-state index is 13.1. The summed E-state index contributed by atoms with van der Waals surface area (Å²) in [7, 11) is 0. The van der Waals surface area contributed by atoms with E-state index in [0.29, 0.717) is 24.7 Å². The lowest BCUT2D eigenvalue weighted by atomic mass is 9.69. The van der Waals surface area contributed by atoms with Gasteiger partial charge in [-0.15, -0.1) is 0 Å². The second kappa shape index (κ2) is 18.1. The molecule has 14 atom stereocenters. The highest BCUT2D eigenvalue weighted by atomic mass is 19.1. The van der Waals surface area contributed by atoms with Gasteiger partial charge in [-0.25, -0.2) is 14.0 Å². The highest BCUT2D eigenvalue weighted by Crippen LogP contribution is 2.66. The van der Waals surface area contributed by atoms with Crippen molar-refractivity contribution >= 4 is 29.9 Å². The third-order valence-electron chi connectivity index (χ3n) is 16.3.